The number of rotatable bonds is 4. The van der Waals surface area contributed by atoms with E-state index in [1.54, 1.807) is 0 Å². The van der Waals surface area contributed by atoms with Crippen LogP contribution in [0.4, 0.5) is 13.2 Å². The number of carbonyl (C=O) groups is 2. The lowest BCUT2D eigenvalue weighted by Gasteiger charge is -2.30. The molecule has 10 heteroatoms. The van der Waals surface area contributed by atoms with Crippen LogP contribution in [0.3, 0.4) is 0 Å². The van der Waals surface area contributed by atoms with Crippen molar-refractivity contribution in [3.8, 4) is 5.75 Å². The average molecular weight is 334 g/mol. The Morgan fingerprint density at radius 3 is 2.87 bits per heavy atom. The molecule has 7 nitrogen and oxygen atoms in total. The molecular formula is C13H13F3N2O5. The molecule has 2 heterocycles. The fraction of sp³-hybridized carbons (Fsp3) is 0.462. The number of pyridine rings is 1. The van der Waals surface area contributed by atoms with E-state index in [4.69, 9.17) is 9.84 Å². The number of carbonyl (C=O) groups excluding carboxylic acids is 1. The summed E-state index contributed by atoms with van der Waals surface area (Å²) >= 11 is 0. The lowest BCUT2D eigenvalue weighted by Crippen LogP contribution is -2.48. The van der Waals surface area contributed by atoms with Gasteiger partial charge in [-0.3, -0.25) is 4.79 Å². The smallest absolute Gasteiger partial charge is 0.422 e. The van der Waals surface area contributed by atoms with Gasteiger partial charge < -0.3 is 19.5 Å². The van der Waals surface area contributed by atoms with Gasteiger partial charge in [-0.2, -0.15) is 13.2 Å². The van der Waals surface area contributed by atoms with E-state index in [-0.39, 0.29) is 31.1 Å². The Balaban J connectivity index is 2.14. The van der Waals surface area contributed by atoms with Crippen molar-refractivity contribution in [2.75, 3.05) is 26.3 Å². The first-order chi connectivity index (χ1) is 10.8. The van der Waals surface area contributed by atoms with Gasteiger partial charge in [0.1, 0.15) is 0 Å². The van der Waals surface area contributed by atoms with Gasteiger partial charge in [-0.15, -0.1) is 0 Å². The summed E-state index contributed by atoms with van der Waals surface area (Å²) in [5.41, 5.74) is -0.303. The van der Waals surface area contributed by atoms with Gasteiger partial charge in [0.25, 0.3) is 5.91 Å². The number of ether oxygens (including phenoxy) is 2. The van der Waals surface area contributed by atoms with Gasteiger partial charge in [-0.05, 0) is 12.1 Å². The van der Waals surface area contributed by atoms with E-state index in [1.807, 2.05) is 0 Å². The number of amides is 1. The molecule has 0 radical (unpaired) electrons. The summed E-state index contributed by atoms with van der Waals surface area (Å²) in [6.07, 6.45) is -4.50. The van der Waals surface area contributed by atoms with E-state index in [0.29, 0.717) is 0 Å². The Morgan fingerprint density at radius 1 is 1.48 bits per heavy atom. The fourth-order valence-corrected chi connectivity index (χ4v) is 1.96. The number of aliphatic carboxylic acids is 1. The van der Waals surface area contributed by atoms with Gasteiger partial charge in [0.05, 0.1) is 13.2 Å². The molecule has 0 saturated carbocycles. The maximum absolute atomic E-state index is 12.4. The highest BCUT2D eigenvalue weighted by atomic mass is 19.4. The highest BCUT2D eigenvalue weighted by molar-refractivity contribution is 5.95. The largest absolute Gasteiger partial charge is 0.482 e. The van der Waals surface area contributed by atoms with Gasteiger partial charge in [0.15, 0.2) is 24.2 Å². The fourth-order valence-electron chi connectivity index (χ4n) is 1.96. The minimum atomic E-state index is -4.55. The molecule has 23 heavy (non-hydrogen) atoms. The molecule has 0 unspecified atom stereocenters. The van der Waals surface area contributed by atoms with Crippen LogP contribution in [-0.2, 0) is 9.53 Å². The van der Waals surface area contributed by atoms with Crippen molar-refractivity contribution in [2.45, 2.75) is 12.3 Å². The first-order valence-corrected chi connectivity index (χ1v) is 6.56. The number of hydrogen-bond acceptors (Lipinski definition) is 5. The standard InChI is InChI=1S/C13H13F3N2O5/c14-13(15,16)7-23-8-2-1-3-17-10(8)11(19)18-4-5-22-9(6-18)12(20)21/h1-3,9H,4-7H2,(H,20,21)/t9-/m0/s1. The van der Waals surface area contributed by atoms with E-state index in [1.165, 1.54) is 18.3 Å². The van der Waals surface area contributed by atoms with Crippen molar-refractivity contribution in [1.29, 1.82) is 0 Å². The number of nitrogens with zero attached hydrogens (tertiary/aromatic N) is 2. The number of morpholine rings is 1. The Hall–Kier alpha value is -2.36. The summed E-state index contributed by atoms with van der Waals surface area (Å²) in [6.45, 7) is -1.66. The van der Waals surface area contributed by atoms with Crippen LogP contribution in [0.25, 0.3) is 0 Å². The topological polar surface area (TPSA) is 89.0 Å². The Kier molecular flexibility index (Phi) is 5.04. The lowest BCUT2D eigenvalue weighted by atomic mass is 10.2. The van der Waals surface area contributed by atoms with Crippen LogP contribution in [0.15, 0.2) is 18.3 Å². The zero-order valence-corrected chi connectivity index (χ0v) is 11.7. The lowest BCUT2D eigenvalue weighted by molar-refractivity contribution is -0.155. The van der Waals surface area contributed by atoms with Crippen molar-refractivity contribution >= 4 is 11.9 Å². The zero-order valence-electron chi connectivity index (χ0n) is 11.7. The van der Waals surface area contributed by atoms with E-state index in [9.17, 15) is 22.8 Å². The minimum Gasteiger partial charge on any atom is -0.482 e. The average Bonchev–Trinajstić information content (AvgIpc) is 2.52. The molecular weight excluding hydrogens is 321 g/mol. The normalized spacial score (nSPS) is 18.6. The highest BCUT2D eigenvalue weighted by Crippen LogP contribution is 2.22. The van der Waals surface area contributed by atoms with Crippen molar-refractivity contribution in [3.05, 3.63) is 24.0 Å². The molecule has 1 aliphatic heterocycles. The molecule has 0 aliphatic carbocycles. The third-order valence-corrected chi connectivity index (χ3v) is 2.99. The number of alkyl halides is 3. The van der Waals surface area contributed by atoms with Gasteiger partial charge >= 0.3 is 12.1 Å². The second-order valence-electron chi connectivity index (χ2n) is 4.70. The number of aromatic nitrogens is 1. The summed E-state index contributed by atoms with van der Waals surface area (Å²) < 4.78 is 46.3. The van der Waals surface area contributed by atoms with Crippen LogP contribution in [0.1, 0.15) is 10.5 Å². The van der Waals surface area contributed by atoms with Gasteiger partial charge in [0.2, 0.25) is 0 Å². The molecule has 1 fully saturated rings. The number of carboxylic acids is 1. The predicted octanol–water partition coefficient (Wildman–Crippen LogP) is 0.948. The molecule has 1 aromatic heterocycles. The summed E-state index contributed by atoms with van der Waals surface area (Å²) in [6, 6.07) is 2.53. The van der Waals surface area contributed by atoms with Gasteiger partial charge in [0, 0.05) is 12.7 Å². The maximum atomic E-state index is 12.4. The third-order valence-electron chi connectivity index (χ3n) is 2.99. The highest BCUT2D eigenvalue weighted by Gasteiger charge is 2.33. The SMILES string of the molecule is O=C(O)[C@@H]1CN(C(=O)c2ncccc2OCC(F)(F)F)CCO1. The van der Waals surface area contributed by atoms with Crippen LogP contribution in [0.2, 0.25) is 0 Å². The second kappa shape index (κ2) is 6.82. The van der Waals surface area contributed by atoms with Gasteiger partial charge in [-0.25, -0.2) is 9.78 Å². The third kappa shape index (κ3) is 4.55. The predicted molar refractivity (Wildman–Crippen MR) is 69.1 cm³/mol. The molecule has 0 bridgehead atoms. The molecule has 0 aromatic carbocycles. The summed E-state index contributed by atoms with van der Waals surface area (Å²) in [5, 5.41) is 8.91. The van der Waals surface area contributed by atoms with Crippen molar-refractivity contribution < 1.29 is 37.3 Å². The maximum Gasteiger partial charge on any atom is 0.422 e. The molecule has 1 amide bonds. The number of halogens is 3. The minimum absolute atomic E-state index is 0.00822. The van der Waals surface area contributed by atoms with Crippen molar-refractivity contribution in [3.63, 3.8) is 0 Å². The molecule has 126 valence electrons. The van der Waals surface area contributed by atoms with Crippen molar-refractivity contribution in [2.24, 2.45) is 0 Å². The molecule has 0 spiro atoms. The van der Waals surface area contributed by atoms with Gasteiger partial charge in [-0.1, -0.05) is 0 Å². The monoisotopic (exact) mass is 334 g/mol. The van der Waals surface area contributed by atoms with Crippen LogP contribution >= 0.6 is 0 Å². The van der Waals surface area contributed by atoms with E-state index >= 15 is 0 Å². The van der Waals surface area contributed by atoms with Crippen LogP contribution < -0.4 is 4.74 Å². The zero-order chi connectivity index (χ0) is 17.0. The van der Waals surface area contributed by atoms with E-state index in [0.717, 1.165) is 4.90 Å². The molecule has 1 aromatic rings. The van der Waals surface area contributed by atoms with Crippen LogP contribution in [-0.4, -0.2) is 65.5 Å². The number of hydrogen-bond donors (Lipinski definition) is 1. The molecule has 1 atom stereocenters. The van der Waals surface area contributed by atoms with Crippen LogP contribution in [0.5, 0.6) is 5.75 Å². The summed E-state index contributed by atoms with van der Waals surface area (Å²) in [4.78, 5) is 28.2. The molecule has 1 saturated heterocycles. The van der Waals surface area contributed by atoms with E-state index in [2.05, 4.69) is 9.72 Å². The summed E-state index contributed by atoms with van der Waals surface area (Å²) in [7, 11) is 0. The number of carboxylic acid groups (broad SMARTS) is 1. The molecule has 2 rings (SSSR count). The Morgan fingerprint density at radius 2 is 2.22 bits per heavy atom. The first kappa shape index (κ1) is 17.0. The molecule has 1 aliphatic rings. The van der Waals surface area contributed by atoms with Crippen LogP contribution in [0, 0.1) is 0 Å². The Bertz CT molecular complexity index is 593. The summed E-state index contributed by atoms with van der Waals surface area (Å²) in [5.74, 6) is -2.25. The Labute approximate surface area is 128 Å². The quantitative estimate of drug-likeness (QED) is 0.882. The molecule has 1 N–H and O–H groups in total. The van der Waals surface area contributed by atoms with E-state index < -0.39 is 30.8 Å². The first-order valence-electron chi connectivity index (χ1n) is 6.56. The second-order valence-corrected chi connectivity index (χ2v) is 4.70. The van der Waals surface area contributed by atoms with Crippen molar-refractivity contribution in [1.82, 2.24) is 9.88 Å².